The molecule has 0 bridgehead atoms. The third kappa shape index (κ3) is 1.40. The molecule has 1 heterocycles. The second kappa shape index (κ2) is 3.07. The Labute approximate surface area is 71.4 Å². The smallest absolute Gasteiger partial charge is 0.394 e. The quantitative estimate of drug-likeness (QED) is 0.507. The Hall–Kier alpha value is -0.400. The summed E-state index contributed by atoms with van der Waals surface area (Å²) in [6.45, 7) is -1.93. The molecular formula is C6H9F4NO2. The predicted octanol–water partition coefficient (Wildman–Crippen LogP) is -0.418. The minimum atomic E-state index is -4.92. The minimum Gasteiger partial charge on any atom is -0.394 e. The first-order valence-corrected chi connectivity index (χ1v) is 3.60. The number of nitrogens with one attached hydrogen (secondary N) is 1. The Morgan fingerprint density at radius 3 is 2.15 bits per heavy atom. The third-order valence-electron chi connectivity index (χ3n) is 2.19. The zero-order valence-electron chi connectivity index (χ0n) is 6.48. The molecule has 13 heavy (non-hydrogen) atoms. The summed E-state index contributed by atoms with van der Waals surface area (Å²) in [6, 6.07) is 0. The van der Waals surface area contributed by atoms with Crippen molar-refractivity contribution in [3.05, 3.63) is 0 Å². The van der Waals surface area contributed by atoms with E-state index in [1.54, 1.807) is 5.32 Å². The van der Waals surface area contributed by atoms with Crippen molar-refractivity contribution in [3.63, 3.8) is 0 Å². The van der Waals surface area contributed by atoms with E-state index in [1.807, 2.05) is 0 Å². The van der Waals surface area contributed by atoms with Gasteiger partial charge in [0, 0.05) is 6.54 Å². The number of alkyl halides is 4. The number of hydrogen-bond acceptors (Lipinski definition) is 3. The van der Waals surface area contributed by atoms with Crippen LogP contribution in [0.3, 0.4) is 0 Å². The van der Waals surface area contributed by atoms with Gasteiger partial charge in [0.1, 0.15) is 0 Å². The van der Waals surface area contributed by atoms with Gasteiger partial charge >= 0.3 is 6.18 Å². The maximum Gasteiger partial charge on any atom is 0.411 e. The standard InChI is InChI=1S/C6H9F4NO2/c7-4-3(13)1-11-5(4,2-12)6(8,9)10/h3-4,11-13H,1-2H2/t3-,4+,5+/m0/s1. The van der Waals surface area contributed by atoms with E-state index in [2.05, 4.69) is 0 Å². The van der Waals surface area contributed by atoms with Crippen LogP contribution in [0.2, 0.25) is 0 Å². The molecule has 1 aliphatic rings. The molecule has 3 atom stereocenters. The molecule has 3 N–H and O–H groups in total. The Bertz CT molecular complexity index is 198. The van der Waals surface area contributed by atoms with Gasteiger partial charge in [-0.25, -0.2) is 4.39 Å². The van der Waals surface area contributed by atoms with Crippen molar-refractivity contribution in [3.8, 4) is 0 Å². The molecule has 0 aromatic rings. The largest absolute Gasteiger partial charge is 0.411 e. The zero-order chi connectivity index (χ0) is 10.3. The Balaban J connectivity index is 2.95. The average molecular weight is 203 g/mol. The number of aliphatic hydroxyl groups is 2. The lowest BCUT2D eigenvalue weighted by Gasteiger charge is -2.31. The average Bonchev–Trinajstić information content (AvgIpc) is 2.29. The number of aliphatic hydroxyl groups excluding tert-OH is 2. The van der Waals surface area contributed by atoms with Crippen molar-refractivity contribution in [2.45, 2.75) is 24.0 Å². The van der Waals surface area contributed by atoms with Crippen LogP contribution in [0, 0.1) is 0 Å². The van der Waals surface area contributed by atoms with Crippen LogP contribution >= 0.6 is 0 Å². The van der Waals surface area contributed by atoms with Gasteiger partial charge in [-0.3, -0.25) is 5.32 Å². The van der Waals surface area contributed by atoms with Gasteiger partial charge in [0.05, 0.1) is 12.7 Å². The van der Waals surface area contributed by atoms with E-state index in [0.717, 1.165) is 0 Å². The molecule has 7 heteroatoms. The SMILES string of the molecule is OC[C@@]1(C(F)(F)F)NC[C@H](O)[C@H]1F. The number of hydrogen-bond donors (Lipinski definition) is 3. The van der Waals surface area contributed by atoms with Gasteiger partial charge in [0.25, 0.3) is 0 Å². The highest BCUT2D eigenvalue weighted by Gasteiger charge is 2.64. The number of β-amino-alcohol motifs (C(OH)–C–C–N with tert-alkyl or cyclic N) is 1. The van der Waals surface area contributed by atoms with E-state index in [4.69, 9.17) is 10.2 Å². The summed E-state index contributed by atoms with van der Waals surface area (Å²) in [6.07, 6.45) is -9.18. The van der Waals surface area contributed by atoms with Crippen molar-refractivity contribution in [1.29, 1.82) is 0 Å². The van der Waals surface area contributed by atoms with Crippen molar-refractivity contribution in [2.75, 3.05) is 13.2 Å². The highest BCUT2D eigenvalue weighted by atomic mass is 19.4. The molecule has 0 amide bonds. The van der Waals surface area contributed by atoms with Gasteiger partial charge in [-0.05, 0) is 0 Å². The van der Waals surface area contributed by atoms with E-state index in [0.29, 0.717) is 0 Å². The Kier molecular flexibility index (Phi) is 2.52. The first-order valence-electron chi connectivity index (χ1n) is 3.60. The van der Waals surface area contributed by atoms with E-state index < -0.39 is 37.1 Å². The van der Waals surface area contributed by atoms with E-state index in [9.17, 15) is 17.6 Å². The van der Waals surface area contributed by atoms with Gasteiger partial charge in [0.15, 0.2) is 11.7 Å². The molecule has 0 spiro atoms. The van der Waals surface area contributed by atoms with E-state index >= 15 is 0 Å². The molecule has 1 aliphatic heterocycles. The monoisotopic (exact) mass is 203 g/mol. The maximum atomic E-state index is 12.9. The van der Waals surface area contributed by atoms with Crippen LogP contribution < -0.4 is 5.32 Å². The van der Waals surface area contributed by atoms with Crippen LogP contribution in [-0.4, -0.2) is 47.4 Å². The topological polar surface area (TPSA) is 52.5 Å². The highest BCUT2D eigenvalue weighted by molar-refractivity contribution is 5.09. The lowest BCUT2D eigenvalue weighted by Crippen LogP contribution is -2.61. The fourth-order valence-corrected chi connectivity index (χ4v) is 1.31. The summed E-state index contributed by atoms with van der Waals surface area (Å²) >= 11 is 0. The fraction of sp³-hybridized carbons (Fsp3) is 1.00. The fourth-order valence-electron chi connectivity index (χ4n) is 1.31. The minimum absolute atomic E-state index is 0.513. The molecule has 3 nitrogen and oxygen atoms in total. The predicted molar refractivity (Wildman–Crippen MR) is 34.8 cm³/mol. The van der Waals surface area contributed by atoms with Crippen LogP contribution in [0.15, 0.2) is 0 Å². The van der Waals surface area contributed by atoms with Gasteiger partial charge in [-0.15, -0.1) is 0 Å². The molecule has 0 radical (unpaired) electrons. The van der Waals surface area contributed by atoms with Crippen molar-refractivity contribution in [1.82, 2.24) is 5.32 Å². The molecule has 1 rings (SSSR count). The molecular weight excluding hydrogens is 194 g/mol. The van der Waals surface area contributed by atoms with Crippen molar-refractivity contribution in [2.24, 2.45) is 0 Å². The number of halogens is 4. The Morgan fingerprint density at radius 2 is 2.00 bits per heavy atom. The number of rotatable bonds is 1. The van der Waals surface area contributed by atoms with Crippen LogP contribution in [0.5, 0.6) is 0 Å². The van der Waals surface area contributed by atoms with Gasteiger partial charge < -0.3 is 10.2 Å². The molecule has 1 saturated heterocycles. The summed E-state index contributed by atoms with van der Waals surface area (Å²) in [5.74, 6) is 0. The summed E-state index contributed by atoms with van der Waals surface area (Å²) in [5.41, 5.74) is -3.01. The first-order chi connectivity index (χ1) is 5.85. The molecule has 0 aromatic heterocycles. The maximum absolute atomic E-state index is 12.9. The molecule has 0 aliphatic carbocycles. The summed E-state index contributed by atoms with van der Waals surface area (Å²) in [7, 11) is 0. The lowest BCUT2D eigenvalue weighted by atomic mass is 9.95. The van der Waals surface area contributed by atoms with Crippen LogP contribution in [0.25, 0.3) is 0 Å². The summed E-state index contributed by atoms with van der Waals surface area (Å²) < 4.78 is 49.7. The van der Waals surface area contributed by atoms with Gasteiger partial charge in [0.2, 0.25) is 0 Å². The highest BCUT2D eigenvalue weighted by Crippen LogP contribution is 2.38. The summed E-state index contributed by atoms with van der Waals surface area (Å²) in [4.78, 5) is 0. The van der Waals surface area contributed by atoms with Gasteiger partial charge in [-0.2, -0.15) is 13.2 Å². The molecule has 0 unspecified atom stereocenters. The lowest BCUT2D eigenvalue weighted by molar-refractivity contribution is -0.219. The van der Waals surface area contributed by atoms with E-state index in [1.165, 1.54) is 0 Å². The Morgan fingerprint density at radius 1 is 1.46 bits per heavy atom. The zero-order valence-corrected chi connectivity index (χ0v) is 6.48. The normalized spacial score (nSPS) is 41.1. The summed E-state index contributed by atoms with van der Waals surface area (Å²) in [5, 5.41) is 19.0. The second-order valence-corrected chi connectivity index (χ2v) is 2.98. The third-order valence-corrected chi connectivity index (χ3v) is 2.19. The first kappa shape index (κ1) is 10.7. The van der Waals surface area contributed by atoms with Crippen molar-refractivity contribution >= 4 is 0 Å². The molecule has 0 aromatic carbocycles. The van der Waals surface area contributed by atoms with Gasteiger partial charge in [-0.1, -0.05) is 0 Å². The second-order valence-electron chi connectivity index (χ2n) is 2.98. The van der Waals surface area contributed by atoms with Crippen LogP contribution in [0.1, 0.15) is 0 Å². The van der Waals surface area contributed by atoms with Crippen LogP contribution in [0.4, 0.5) is 17.6 Å². The molecule has 1 fully saturated rings. The molecule has 0 saturated carbocycles. The van der Waals surface area contributed by atoms with Crippen molar-refractivity contribution < 1.29 is 27.8 Å². The molecule has 78 valence electrons. The van der Waals surface area contributed by atoms with E-state index in [-0.39, 0.29) is 0 Å². The van der Waals surface area contributed by atoms with Crippen LogP contribution in [-0.2, 0) is 0 Å².